The van der Waals surface area contributed by atoms with Crippen molar-refractivity contribution in [3.63, 3.8) is 0 Å². The van der Waals surface area contributed by atoms with Gasteiger partial charge in [0.15, 0.2) is 0 Å². The minimum atomic E-state index is -0.918. The van der Waals surface area contributed by atoms with Gasteiger partial charge < -0.3 is 19.4 Å². The maximum atomic E-state index is 13.9. The van der Waals surface area contributed by atoms with E-state index >= 15 is 0 Å². The Bertz CT molecular complexity index is 1070. The molecule has 0 radical (unpaired) electrons. The van der Waals surface area contributed by atoms with E-state index in [-0.39, 0.29) is 37.3 Å². The first-order chi connectivity index (χ1) is 16.9. The summed E-state index contributed by atoms with van der Waals surface area (Å²) in [5.41, 5.74) is 0.387. The van der Waals surface area contributed by atoms with Gasteiger partial charge in [-0.3, -0.25) is 14.4 Å². The summed E-state index contributed by atoms with van der Waals surface area (Å²) >= 11 is 0. The second kappa shape index (κ2) is 9.90. The third-order valence-electron chi connectivity index (χ3n) is 7.17. The van der Waals surface area contributed by atoms with Crippen molar-refractivity contribution in [3.8, 4) is 6.07 Å². The molecule has 1 spiro atoms. The molecule has 4 rings (SSSR count). The molecule has 0 bridgehead atoms. The van der Waals surface area contributed by atoms with Crippen molar-refractivity contribution in [1.29, 1.82) is 5.26 Å². The first-order valence-electron chi connectivity index (χ1n) is 12.1. The van der Waals surface area contributed by atoms with E-state index in [0.717, 1.165) is 5.56 Å². The second-order valence-electron chi connectivity index (χ2n) is 9.19. The molecule has 2 heterocycles. The summed E-state index contributed by atoms with van der Waals surface area (Å²) in [6.45, 7) is 6.45. The first kappa shape index (κ1) is 24.5. The Hall–Kier alpha value is -3.67. The molecule has 0 N–H and O–H groups in total. The van der Waals surface area contributed by atoms with Gasteiger partial charge in [0.1, 0.15) is 17.6 Å². The topological polar surface area (TPSA) is 111 Å². The fourth-order valence-electron chi connectivity index (χ4n) is 5.21. The van der Waals surface area contributed by atoms with E-state index in [1.54, 1.807) is 45.9 Å². The number of rotatable bonds is 7. The molecule has 35 heavy (non-hydrogen) atoms. The molecule has 1 saturated carbocycles. The van der Waals surface area contributed by atoms with E-state index in [1.165, 1.54) is 6.08 Å². The van der Waals surface area contributed by atoms with Crippen LogP contribution in [0.4, 0.5) is 0 Å². The van der Waals surface area contributed by atoms with Crippen LogP contribution >= 0.6 is 0 Å². The number of esters is 1. The molecular formula is C26H30N4O5. The van der Waals surface area contributed by atoms with Crippen LogP contribution in [0.2, 0.25) is 0 Å². The molecule has 2 atom stereocenters. The molecule has 184 valence electrons. The normalized spacial score (nSPS) is 21.4. The summed E-state index contributed by atoms with van der Waals surface area (Å²) in [4.78, 5) is 57.3. The highest BCUT2D eigenvalue weighted by atomic mass is 16.5. The summed E-state index contributed by atoms with van der Waals surface area (Å²) in [5.74, 6) is -1.25. The van der Waals surface area contributed by atoms with Crippen molar-refractivity contribution in [2.45, 2.75) is 56.7 Å². The summed E-state index contributed by atoms with van der Waals surface area (Å²) in [7, 11) is 0. The minimum Gasteiger partial charge on any atom is -0.464 e. The summed E-state index contributed by atoms with van der Waals surface area (Å²) in [6.07, 6.45) is 3.76. The monoisotopic (exact) mass is 478 g/mol. The van der Waals surface area contributed by atoms with Crippen molar-refractivity contribution < 1.29 is 23.9 Å². The summed E-state index contributed by atoms with van der Waals surface area (Å²) < 4.78 is 5.19. The maximum Gasteiger partial charge on any atom is 0.328 e. The average molecular weight is 479 g/mol. The van der Waals surface area contributed by atoms with Gasteiger partial charge >= 0.3 is 5.97 Å². The predicted molar refractivity (Wildman–Crippen MR) is 126 cm³/mol. The quantitative estimate of drug-likeness (QED) is 0.433. The number of piperazine rings is 1. The van der Waals surface area contributed by atoms with Gasteiger partial charge in [0.05, 0.1) is 18.2 Å². The molecule has 9 nitrogen and oxygen atoms in total. The highest BCUT2D eigenvalue weighted by Crippen LogP contribution is 2.46. The Morgan fingerprint density at radius 2 is 1.94 bits per heavy atom. The lowest BCUT2D eigenvalue weighted by atomic mass is 9.98. The number of hydrogen-bond donors (Lipinski definition) is 0. The van der Waals surface area contributed by atoms with Crippen LogP contribution in [0.1, 0.15) is 43.7 Å². The van der Waals surface area contributed by atoms with E-state index in [9.17, 15) is 19.2 Å². The molecule has 1 aromatic rings. The predicted octanol–water partition coefficient (Wildman–Crippen LogP) is 1.41. The lowest BCUT2D eigenvalue weighted by molar-refractivity contribution is -0.161. The van der Waals surface area contributed by atoms with E-state index in [4.69, 9.17) is 10.00 Å². The Kier molecular flexibility index (Phi) is 6.92. The largest absolute Gasteiger partial charge is 0.464 e. The molecule has 3 fully saturated rings. The molecule has 9 heteroatoms. The van der Waals surface area contributed by atoms with E-state index < -0.39 is 23.6 Å². The van der Waals surface area contributed by atoms with Crippen LogP contribution < -0.4 is 0 Å². The third-order valence-corrected chi connectivity index (χ3v) is 7.17. The van der Waals surface area contributed by atoms with Crippen molar-refractivity contribution in [2.24, 2.45) is 0 Å². The van der Waals surface area contributed by atoms with Gasteiger partial charge in [0, 0.05) is 26.1 Å². The Morgan fingerprint density at radius 1 is 1.23 bits per heavy atom. The molecule has 2 saturated heterocycles. The molecule has 3 amide bonds. The number of likely N-dealkylation sites (tertiary alicyclic amines) is 1. The molecule has 1 aromatic carbocycles. The highest BCUT2D eigenvalue weighted by Gasteiger charge is 2.61. The van der Waals surface area contributed by atoms with Gasteiger partial charge in [0.25, 0.3) is 0 Å². The van der Waals surface area contributed by atoms with E-state index in [0.29, 0.717) is 44.3 Å². The van der Waals surface area contributed by atoms with E-state index in [2.05, 4.69) is 12.6 Å². The van der Waals surface area contributed by atoms with Crippen molar-refractivity contribution in [2.75, 3.05) is 26.2 Å². The standard InChI is InChI=1S/C26H30N4O5/c1-3-22(31)30-15-14-29(25(34)26(30)11-12-26)21(16-18-7-9-19(17-27)10-8-18)23(32)28-13-5-6-20(28)24(33)35-4-2/h3,7-10,20-21H,1,4-6,11-16H2,2H3/t20-,21-/m0/s1. The van der Waals surface area contributed by atoms with Gasteiger partial charge in [-0.05, 0) is 56.4 Å². The van der Waals surface area contributed by atoms with Gasteiger partial charge in [-0.2, -0.15) is 5.26 Å². The van der Waals surface area contributed by atoms with Crippen LogP contribution in [-0.4, -0.2) is 82.3 Å². The van der Waals surface area contributed by atoms with Gasteiger partial charge in [0.2, 0.25) is 17.7 Å². The molecule has 0 unspecified atom stereocenters. The zero-order valence-electron chi connectivity index (χ0n) is 19.9. The fourth-order valence-corrected chi connectivity index (χ4v) is 5.21. The molecule has 3 aliphatic rings. The van der Waals surface area contributed by atoms with Gasteiger partial charge in [-0.1, -0.05) is 18.7 Å². The maximum absolute atomic E-state index is 13.9. The number of hydrogen-bond acceptors (Lipinski definition) is 6. The van der Waals surface area contributed by atoms with Crippen LogP contribution in [-0.2, 0) is 30.3 Å². The first-order valence-corrected chi connectivity index (χ1v) is 12.1. The van der Waals surface area contributed by atoms with Crippen LogP contribution in [0.5, 0.6) is 0 Å². The summed E-state index contributed by atoms with van der Waals surface area (Å²) in [6, 6.07) is 7.50. The fraction of sp³-hybridized carbons (Fsp3) is 0.500. The summed E-state index contributed by atoms with van der Waals surface area (Å²) in [5, 5.41) is 9.11. The number of amides is 3. The zero-order valence-corrected chi connectivity index (χ0v) is 19.9. The second-order valence-corrected chi connectivity index (χ2v) is 9.19. The van der Waals surface area contributed by atoms with Crippen molar-refractivity contribution >= 4 is 23.7 Å². The molecule has 1 aliphatic carbocycles. The van der Waals surface area contributed by atoms with Crippen LogP contribution in [0.15, 0.2) is 36.9 Å². The number of nitriles is 1. The Balaban J connectivity index is 1.64. The third kappa shape index (κ3) is 4.53. The lowest BCUT2D eigenvalue weighted by Gasteiger charge is -2.44. The highest BCUT2D eigenvalue weighted by molar-refractivity contribution is 6.00. The molecule has 0 aromatic heterocycles. The van der Waals surface area contributed by atoms with Crippen molar-refractivity contribution in [1.82, 2.24) is 14.7 Å². The van der Waals surface area contributed by atoms with Crippen LogP contribution in [0.25, 0.3) is 0 Å². The Labute approximate surface area is 204 Å². The number of ether oxygens (including phenoxy) is 1. The smallest absolute Gasteiger partial charge is 0.328 e. The Morgan fingerprint density at radius 3 is 2.54 bits per heavy atom. The number of benzene rings is 1. The number of carbonyl (C=O) groups excluding carboxylic acids is 4. The van der Waals surface area contributed by atoms with Crippen molar-refractivity contribution in [3.05, 3.63) is 48.0 Å². The van der Waals surface area contributed by atoms with Gasteiger partial charge in [-0.15, -0.1) is 0 Å². The van der Waals surface area contributed by atoms with Crippen LogP contribution in [0, 0.1) is 11.3 Å². The van der Waals surface area contributed by atoms with E-state index in [1.807, 2.05) is 0 Å². The zero-order chi connectivity index (χ0) is 25.2. The molecular weight excluding hydrogens is 448 g/mol. The van der Waals surface area contributed by atoms with Gasteiger partial charge in [-0.25, -0.2) is 4.79 Å². The SMILES string of the molecule is C=CC(=O)N1CCN([C@@H](Cc2ccc(C#N)cc2)C(=O)N2CCC[C@H]2C(=O)OCC)C(=O)C12CC2. The molecule has 2 aliphatic heterocycles. The number of nitrogens with zero attached hydrogens (tertiary/aromatic N) is 4. The average Bonchev–Trinajstić information content (AvgIpc) is 3.50. The van der Waals surface area contributed by atoms with Crippen LogP contribution in [0.3, 0.4) is 0 Å². The number of carbonyl (C=O) groups is 4. The minimum absolute atomic E-state index is 0.213. The lowest BCUT2D eigenvalue weighted by Crippen LogP contribution is -2.65.